The molecule has 1 atom stereocenters. The summed E-state index contributed by atoms with van der Waals surface area (Å²) in [5.41, 5.74) is 1.13. The van der Waals surface area contributed by atoms with Gasteiger partial charge in [0.2, 0.25) is 5.91 Å². The number of rotatable bonds is 6. The van der Waals surface area contributed by atoms with Crippen LogP contribution in [-0.2, 0) is 11.3 Å². The van der Waals surface area contributed by atoms with Crippen LogP contribution >= 0.6 is 12.4 Å². The lowest BCUT2D eigenvalue weighted by atomic mass is 9.94. The molecule has 2 aliphatic heterocycles. The second kappa shape index (κ2) is 12.0. The van der Waals surface area contributed by atoms with Crippen molar-refractivity contribution in [2.45, 2.75) is 38.6 Å². The first-order valence-electron chi connectivity index (χ1n) is 10.7. The van der Waals surface area contributed by atoms with Crippen molar-refractivity contribution < 1.29 is 9.59 Å². The predicted octanol–water partition coefficient (Wildman–Crippen LogP) is 2.88. The van der Waals surface area contributed by atoms with Gasteiger partial charge in [0.05, 0.1) is 0 Å². The highest BCUT2D eigenvalue weighted by molar-refractivity contribution is 5.85. The minimum Gasteiger partial charge on any atom is -0.356 e. The van der Waals surface area contributed by atoms with E-state index in [1.807, 2.05) is 42.3 Å². The van der Waals surface area contributed by atoms with Crippen LogP contribution in [0.3, 0.4) is 0 Å². The molecule has 0 spiro atoms. The van der Waals surface area contributed by atoms with E-state index in [2.05, 4.69) is 10.6 Å². The summed E-state index contributed by atoms with van der Waals surface area (Å²) in [5.74, 6) is 0.884. The van der Waals surface area contributed by atoms with Crippen molar-refractivity contribution in [1.29, 1.82) is 0 Å². The largest absolute Gasteiger partial charge is 0.356 e. The normalized spacial score (nSPS) is 19.9. The van der Waals surface area contributed by atoms with Gasteiger partial charge in [-0.1, -0.05) is 30.3 Å². The van der Waals surface area contributed by atoms with Crippen molar-refractivity contribution >= 4 is 24.3 Å². The fourth-order valence-electron chi connectivity index (χ4n) is 4.21. The molecule has 0 aliphatic carbocycles. The van der Waals surface area contributed by atoms with Gasteiger partial charge in [-0.15, -0.1) is 12.4 Å². The summed E-state index contributed by atoms with van der Waals surface area (Å²) in [7, 11) is 1.84. The van der Waals surface area contributed by atoms with E-state index in [1.54, 1.807) is 4.90 Å². The number of piperidine rings is 2. The number of nitrogens with zero attached hydrogens (tertiary/aromatic N) is 2. The lowest BCUT2D eigenvalue weighted by molar-refractivity contribution is -0.126. The molecule has 0 aromatic heterocycles. The number of hydrogen-bond donors (Lipinski definition) is 2. The molecule has 3 rings (SSSR count). The van der Waals surface area contributed by atoms with Crippen LogP contribution in [0.1, 0.15) is 37.7 Å². The lowest BCUT2D eigenvalue weighted by Gasteiger charge is -2.34. The number of amides is 3. The van der Waals surface area contributed by atoms with E-state index >= 15 is 0 Å². The van der Waals surface area contributed by atoms with E-state index in [0.29, 0.717) is 25.6 Å². The average molecular weight is 423 g/mol. The van der Waals surface area contributed by atoms with Gasteiger partial charge in [-0.2, -0.15) is 0 Å². The molecule has 7 heteroatoms. The summed E-state index contributed by atoms with van der Waals surface area (Å²) in [4.78, 5) is 28.8. The summed E-state index contributed by atoms with van der Waals surface area (Å²) >= 11 is 0. The Labute approximate surface area is 180 Å². The molecule has 2 saturated heterocycles. The molecule has 1 aromatic carbocycles. The summed E-state index contributed by atoms with van der Waals surface area (Å²) in [6.45, 7) is 4.89. The zero-order valence-corrected chi connectivity index (χ0v) is 18.3. The van der Waals surface area contributed by atoms with Crippen molar-refractivity contribution in [2.24, 2.45) is 11.8 Å². The first kappa shape index (κ1) is 23.5. The quantitative estimate of drug-likeness (QED) is 0.740. The van der Waals surface area contributed by atoms with Gasteiger partial charge >= 0.3 is 6.03 Å². The summed E-state index contributed by atoms with van der Waals surface area (Å²) < 4.78 is 0. The van der Waals surface area contributed by atoms with Gasteiger partial charge in [0.1, 0.15) is 0 Å². The molecule has 0 radical (unpaired) electrons. The third kappa shape index (κ3) is 7.19. The number of likely N-dealkylation sites (tertiary alicyclic amines) is 1. The molecule has 2 heterocycles. The number of halogens is 1. The van der Waals surface area contributed by atoms with E-state index in [4.69, 9.17) is 0 Å². The number of benzene rings is 1. The Morgan fingerprint density at radius 1 is 1.17 bits per heavy atom. The maximum atomic E-state index is 12.7. The highest BCUT2D eigenvalue weighted by Gasteiger charge is 2.28. The molecule has 2 fully saturated rings. The Kier molecular flexibility index (Phi) is 9.74. The fourth-order valence-corrected chi connectivity index (χ4v) is 4.21. The van der Waals surface area contributed by atoms with Crippen molar-refractivity contribution in [3.63, 3.8) is 0 Å². The third-order valence-electron chi connectivity index (χ3n) is 5.98. The topological polar surface area (TPSA) is 64.7 Å². The number of carbonyl (C=O) groups excluding carboxylic acids is 2. The van der Waals surface area contributed by atoms with Gasteiger partial charge in [-0.05, 0) is 56.7 Å². The summed E-state index contributed by atoms with van der Waals surface area (Å²) in [5, 5.41) is 6.54. The van der Waals surface area contributed by atoms with E-state index in [0.717, 1.165) is 44.5 Å². The lowest BCUT2D eigenvalue weighted by Crippen LogP contribution is -2.47. The van der Waals surface area contributed by atoms with Crippen LogP contribution in [-0.4, -0.2) is 61.5 Å². The minimum atomic E-state index is 0. The molecule has 162 valence electrons. The Balaban J connectivity index is 0.00000300. The zero-order valence-electron chi connectivity index (χ0n) is 17.4. The van der Waals surface area contributed by atoms with Crippen molar-refractivity contribution in [3.05, 3.63) is 35.9 Å². The van der Waals surface area contributed by atoms with Crippen LogP contribution in [0, 0.1) is 11.8 Å². The molecule has 1 unspecified atom stereocenters. The Morgan fingerprint density at radius 2 is 1.90 bits per heavy atom. The molecule has 29 heavy (non-hydrogen) atoms. The van der Waals surface area contributed by atoms with Crippen LogP contribution in [0.4, 0.5) is 4.79 Å². The van der Waals surface area contributed by atoms with Crippen molar-refractivity contribution in [2.75, 3.05) is 39.8 Å². The van der Waals surface area contributed by atoms with Crippen LogP contribution in [0.2, 0.25) is 0 Å². The Bertz CT molecular complexity index is 629. The third-order valence-corrected chi connectivity index (χ3v) is 5.98. The molecule has 2 N–H and O–H groups in total. The average Bonchev–Trinajstić information content (AvgIpc) is 2.74. The molecular formula is C22H35ClN4O2. The minimum absolute atomic E-state index is 0. The Hall–Kier alpha value is -1.79. The van der Waals surface area contributed by atoms with Crippen LogP contribution in [0.25, 0.3) is 0 Å². The highest BCUT2D eigenvalue weighted by Crippen LogP contribution is 2.19. The molecule has 3 amide bonds. The van der Waals surface area contributed by atoms with Crippen LogP contribution in [0.15, 0.2) is 30.3 Å². The maximum absolute atomic E-state index is 12.7. The molecule has 6 nitrogen and oxygen atoms in total. The summed E-state index contributed by atoms with van der Waals surface area (Å²) in [6.07, 6.45) is 5.06. The van der Waals surface area contributed by atoms with E-state index in [-0.39, 0.29) is 30.3 Å². The second-order valence-corrected chi connectivity index (χ2v) is 8.18. The first-order valence-corrected chi connectivity index (χ1v) is 10.7. The van der Waals surface area contributed by atoms with Crippen LogP contribution < -0.4 is 10.6 Å². The molecular weight excluding hydrogens is 388 g/mol. The maximum Gasteiger partial charge on any atom is 0.320 e. The molecule has 2 aliphatic rings. The molecule has 0 saturated carbocycles. The molecule has 0 bridgehead atoms. The zero-order chi connectivity index (χ0) is 19.8. The Morgan fingerprint density at radius 3 is 2.55 bits per heavy atom. The number of carbonyl (C=O) groups is 2. The van der Waals surface area contributed by atoms with Crippen LogP contribution in [0.5, 0.6) is 0 Å². The SMILES string of the molecule is CN(Cc1ccccc1)C(=O)N1CCC(C(=O)NCCC2CCCNC2)CC1.Cl. The summed E-state index contributed by atoms with van der Waals surface area (Å²) in [6, 6.07) is 10.1. The molecule has 1 aromatic rings. The standard InChI is InChI=1S/C22H34N4O2.ClH/c1-25(17-19-6-3-2-4-7-19)22(28)26-14-10-20(11-15-26)21(27)24-13-9-18-8-5-12-23-16-18;/h2-4,6-7,18,20,23H,5,8-17H2,1H3,(H,24,27);1H. The van der Waals surface area contributed by atoms with Gasteiger partial charge in [-0.25, -0.2) is 4.79 Å². The first-order chi connectivity index (χ1) is 13.6. The number of nitrogens with one attached hydrogen (secondary N) is 2. The van der Waals surface area contributed by atoms with Gasteiger partial charge in [-0.3, -0.25) is 4.79 Å². The fraction of sp³-hybridized carbons (Fsp3) is 0.636. The van der Waals surface area contributed by atoms with Gasteiger partial charge < -0.3 is 20.4 Å². The predicted molar refractivity (Wildman–Crippen MR) is 118 cm³/mol. The van der Waals surface area contributed by atoms with E-state index in [9.17, 15) is 9.59 Å². The van der Waals surface area contributed by atoms with Gasteiger partial charge in [0, 0.05) is 39.1 Å². The number of hydrogen-bond acceptors (Lipinski definition) is 3. The van der Waals surface area contributed by atoms with E-state index < -0.39 is 0 Å². The number of urea groups is 1. The highest BCUT2D eigenvalue weighted by atomic mass is 35.5. The van der Waals surface area contributed by atoms with Crippen molar-refractivity contribution in [3.8, 4) is 0 Å². The van der Waals surface area contributed by atoms with Gasteiger partial charge in [0.25, 0.3) is 0 Å². The smallest absolute Gasteiger partial charge is 0.320 e. The second-order valence-electron chi connectivity index (χ2n) is 8.18. The van der Waals surface area contributed by atoms with E-state index in [1.165, 1.54) is 12.8 Å². The van der Waals surface area contributed by atoms with Crippen molar-refractivity contribution in [1.82, 2.24) is 20.4 Å². The van der Waals surface area contributed by atoms with Gasteiger partial charge in [0.15, 0.2) is 0 Å². The monoisotopic (exact) mass is 422 g/mol.